The largest absolute Gasteiger partial charge is 0.341 e. The van der Waals surface area contributed by atoms with Crippen LogP contribution in [0.15, 0.2) is 43.1 Å². The second-order valence-electron chi connectivity index (χ2n) is 7.41. The van der Waals surface area contributed by atoms with Crippen molar-refractivity contribution in [3.05, 3.63) is 54.8 Å². The maximum absolute atomic E-state index is 15.1. The molecule has 0 aliphatic heterocycles. The number of benzene rings is 1. The SMILES string of the molecule is CC(C)CS(=O)(=O)Nc1ccc(F)c(Nc2ncccc2-c2ncnc3nc[nH]c23)c1F. The highest BCUT2D eigenvalue weighted by Gasteiger charge is 2.21. The Balaban J connectivity index is 1.74. The lowest BCUT2D eigenvalue weighted by atomic mass is 10.1. The van der Waals surface area contributed by atoms with Gasteiger partial charge in [0.25, 0.3) is 0 Å². The molecule has 0 spiro atoms. The number of hydrogen-bond donors (Lipinski definition) is 3. The summed E-state index contributed by atoms with van der Waals surface area (Å²) in [6.45, 7) is 3.44. The summed E-state index contributed by atoms with van der Waals surface area (Å²) in [5.74, 6) is -2.27. The van der Waals surface area contributed by atoms with Crippen molar-refractivity contribution in [2.24, 2.45) is 5.92 Å². The first-order valence-electron chi connectivity index (χ1n) is 9.60. The molecule has 12 heteroatoms. The Morgan fingerprint density at radius 3 is 2.69 bits per heavy atom. The molecular weight excluding hydrogens is 440 g/mol. The van der Waals surface area contributed by atoms with E-state index in [4.69, 9.17) is 0 Å². The van der Waals surface area contributed by atoms with Crippen LogP contribution in [0.1, 0.15) is 13.8 Å². The van der Waals surface area contributed by atoms with Gasteiger partial charge in [0.05, 0.1) is 17.8 Å². The summed E-state index contributed by atoms with van der Waals surface area (Å²) >= 11 is 0. The number of nitrogens with one attached hydrogen (secondary N) is 3. The van der Waals surface area contributed by atoms with Gasteiger partial charge >= 0.3 is 0 Å². The number of anilines is 3. The van der Waals surface area contributed by atoms with Crippen LogP contribution in [0.3, 0.4) is 0 Å². The molecule has 3 heterocycles. The van der Waals surface area contributed by atoms with Crippen LogP contribution in [0.5, 0.6) is 0 Å². The normalized spacial score (nSPS) is 11.8. The Morgan fingerprint density at radius 2 is 1.91 bits per heavy atom. The van der Waals surface area contributed by atoms with E-state index in [2.05, 4.69) is 35.0 Å². The fourth-order valence-electron chi connectivity index (χ4n) is 3.18. The van der Waals surface area contributed by atoms with Gasteiger partial charge in [0.2, 0.25) is 10.0 Å². The fraction of sp³-hybridized carbons (Fsp3) is 0.200. The molecule has 0 aliphatic carbocycles. The van der Waals surface area contributed by atoms with E-state index in [-0.39, 0.29) is 23.2 Å². The molecular formula is C20H19F2N7O2S. The van der Waals surface area contributed by atoms with Crippen LogP contribution in [-0.2, 0) is 10.0 Å². The lowest BCUT2D eigenvalue weighted by molar-refractivity contribution is 0.582. The molecule has 0 atom stereocenters. The summed E-state index contributed by atoms with van der Waals surface area (Å²) in [5.41, 5.74) is 0.893. The summed E-state index contributed by atoms with van der Waals surface area (Å²) in [4.78, 5) is 19.5. The van der Waals surface area contributed by atoms with E-state index in [0.717, 1.165) is 12.1 Å². The number of nitrogens with zero attached hydrogens (tertiary/aromatic N) is 4. The average molecular weight is 459 g/mol. The maximum Gasteiger partial charge on any atom is 0.233 e. The Hall–Kier alpha value is -3.67. The van der Waals surface area contributed by atoms with E-state index >= 15 is 4.39 Å². The molecule has 1 aromatic carbocycles. The minimum Gasteiger partial charge on any atom is -0.341 e. The van der Waals surface area contributed by atoms with Crippen LogP contribution < -0.4 is 10.0 Å². The van der Waals surface area contributed by atoms with Crippen LogP contribution >= 0.6 is 0 Å². The Morgan fingerprint density at radius 1 is 1.09 bits per heavy atom. The number of halogens is 2. The van der Waals surface area contributed by atoms with Crippen molar-refractivity contribution in [3.63, 3.8) is 0 Å². The first kappa shape index (κ1) is 21.6. The van der Waals surface area contributed by atoms with E-state index < -0.39 is 27.3 Å². The zero-order valence-electron chi connectivity index (χ0n) is 17.1. The number of hydrogen-bond acceptors (Lipinski definition) is 7. The van der Waals surface area contributed by atoms with Gasteiger partial charge in [-0.05, 0) is 30.2 Å². The third-order valence-electron chi connectivity index (χ3n) is 4.44. The third-order valence-corrected chi connectivity index (χ3v) is 6.07. The topological polar surface area (TPSA) is 126 Å². The van der Waals surface area contributed by atoms with Crippen LogP contribution in [0.4, 0.5) is 26.0 Å². The molecule has 3 aromatic heterocycles. The number of pyridine rings is 1. The molecule has 0 saturated heterocycles. The van der Waals surface area contributed by atoms with Crippen molar-refractivity contribution < 1.29 is 17.2 Å². The number of imidazole rings is 1. The molecule has 0 radical (unpaired) electrons. The highest BCUT2D eigenvalue weighted by molar-refractivity contribution is 7.92. The molecule has 0 unspecified atom stereocenters. The monoisotopic (exact) mass is 459 g/mol. The second-order valence-corrected chi connectivity index (χ2v) is 9.18. The highest BCUT2D eigenvalue weighted by atomic mass is 32.2. The quantitative estimate of drug-likeness (QED) is 0.383. The van der Waals surface area contributed by atoms with E-state index in [0.29, 0.717) is 22.4 Å². The smallest absolute Gasteiger partial charge is 0.233 e. The molecule has 166 valence electrons. The van der Waals surface area contributed by atoms with Gasteiger partial charge in [-0.3, -0.25) is 4.72 Å². The van der Waals surface area contributed by atoms with Crippen molar-refractivity contribution in [3.8, 4) is 11.3 Å². The molecule has 0 fully saturated rings. The van der Waals surface area contributed by atoms with Gasteiger partial charge < -0.3 is 10.3 Å². The van der Waals surface area contributed by atoms with E-state index in [1.54, 1.807) is 26.0 Å². The van der Waals surface area contributed by atoms with Gasteiger partial charge in [0, 0.05) is 11.8 Å². The fourth-order valence-corrected chi connectivity index (χ4v) is 4.63. The summed E-state index contributed by atoms with van der Waals surface area (Å²) in [5, 5.41) is 2.64. The summed E-state index contributed by atoms with van der Waals surface area (Å²) in [6, 6.07) is 5.32. The first-order valence-corrected chi connectivity index (χ1v) is 11.3. The Kier molecular flexibility index (Phi) is 5.70. The minimum atomic E-state index is -3.81. The predicted molar refractivity (Wildman–Crippen MR) is 117 cm³/mol. The first-order chi connectivity index (χ1) is 15.2. The molecule has 0 aliphatic rings. The van der Waals surface area contributed by atoms with Crippen LogP contribution in [0.25, 0.3) is 22.4 Å². The lowest BCUT2D eigenvalue weighted by Gasteiger charge is -2.15. The summed E-state index contributed by atoms with van der Waals surface area (Å²) < 4.78 is 56.3. The molecule has 32 heavy (non-hydrogen) atoms. The molecule has 3 N–H and O–H groups in total. The van der Waals surface area contributed by atoms with Crippen molar-refractivity contribution >= 4 is 38.4 Å². The van der Waals surface area contributed by atoms with Crippen LogP contribution in [0.2, 0.25) is 0 Å². The molecule has 9 nitrogen and oxygen atoms in total. The second kappa shape index (κ2) is 8.46. The van der Waals surface area contributed by atoms with Crippen molar-refractivity contribution in [1.29, 1.82) is 0 Å². The third kappa shape index (κ3) is 4.35. The molecule has 4 aromatic rings. The predicted octanol–water partition coefficient (Wildman–Crippen LogP) is 3.83. The van der Waals surface area contributed by atoms with Gasteiger partial charge in [-0.2, -0.15) is 0 Å². The number of aromatic nitrogens is 5. The molecule has 0 saturated carbocycles. The highest BCUT2D eigenvalue weighted by Crippen LogP contribution is 2.34. The van der Waals surface area contributed by atoms with Gasteiger partial charge in [0.15, 0.2) is 11.5 Å². The zero-order chi connectivity index (χ0) is 22.9. The van der Waals surface area contributed by atoms with Gasteiger partial charge in [-0.15, -0.1) is 0 Å². The summed E-state index contributed by atoms with van der Waals surface area (Å²) in [6.07, 6.45) is 4.22. The lowest BCUT2D eigenvalue weighted by Crippen LogP contribution is -2.21. The van der Waals surface area contributed by atoms with Crippen molar-refractivity contribution in [2.45, 2.75) is 13.8 Å². The van der Waals surface area contributed by atoms with Crippen molar-refractivity contribution in [1.82, 2.24) is 24.9 Å². The standard InChI is InChI=1S/C20H19F2N7O2S/c1-11(2)8-32(30,31)29-14-6-5-13(21)17(15(14)22)28-19-12(4-3-7-23-19)16-18-20(26-9-24-16)27-10-25-18/h3-7,9-11,29H,8H2,1-2H3,(H,23,28)(H,24,25,26,27). The number of fused-ring (bicyclic) bond motifs is 1. The van der Waals surface area contributed by atoms with E-state index in [9.17, 15) is 12.8 Å². The number of sulfonamides is 1. The van der Waals surface area contributed by atoms with Crippen LogP contribution in [0, 0.1) is 17.6 Å². The number of aromatic amines is 1. The number of rotatable bonds is 7. The number of H-pyrrole nitrogens is 1. The van der Waals surface area contributed by atoms with E-state index in [1.165, 1.54) is 18.9 Å². The maximum atomic E-state index is 15.1. The minimum absolute atomic E-state index is 0.113. The van der Waals surface area contributed by atoms with Gasteiger partial charge in [0.1, 0.15) is 34.9 Å². The van der Waals surface area contributed by atoms with Crippen molar-refractivity contribution in [2.75, 3.05) is 15.8 Å². The zero-order valence-corrected chi connectivity index (χ0v) is 17.9. The molecule has 0 amide bonds. The summed E-state index contributed by atoms with van der Waals surface area (Å²) in [7, 11) is -3.81. The Bertz CT molecular complexity index is 1390. The Labute approximate surface area is 182 Å². The van der Waals surface area contributed by atoms with Crippen LogP contribution in [-0.4, -0.2) is 39.1 Å². The average Bonchev–Trinajstić information content (AvgIpc) is 3.21. The molecule has 0 bridgehead atoms. The molecule has 4 rings (SSSR count). The van der Waals surface area contributed by atoms with Gasteiger partial charge in [-0.1, -0.05) is 13.8 Å². The van der Waals surface area contributed by atoms with Gasteiger partial charge in [-0.25, -0.2) is 37.1 Å². The van der Waals surface area contributed by atoms with E-state index in [1.807, 2.05) is 0 Å².